The van der Waals surface area contributed by atoms with Crippen LogP contribution in [-0.2, 0) is 6.42 Å². The predicted octanol–water partition coefficient (Wildman–Crippen LogP) is 3.12. The Morgan fingerprint density at radius 3 is 2.31 bits per heavy atom. The van der Waals surface area contributed by atoms with Crippen molar-refractivity contribution in [2.24, 2.45) is 5.41 Å². The van der Waals surface area contributed by atoms with E-state index in [1.54, 1.807) is 12.1 Å². The van der Waals surface area contributed by atoms with Crippen LogP contribution in [0.2, 0.25) is 0 Å². The van der Waals surface area contributed by atoms with E-state index in [-0.39, 0.29) is 0 Å². The van der Waals surface area contributed by atoms with Gasteiger partial charge in [-0.2, -0.15) is 0 Å². The summed E-state index contributed by atoms with van der Waals surface area (Å²) in [6, 6.07) is 7.60. The fraction of sp³-hybridized carbons (Fsp3) is 0.500. The van der Waals surface area contributed by atoms with Crippen molar-refractivity contribution in [2.75, 3.05) is 0 Å². The first-order valence-corrected chi connectivity index (χ1v) is 4.96. The van der Waals surface area contributed by atoms with Crippen molar-refractivity contribution < 1.29 is 5.11 Å². The first-order valence-electron chi connectivity index (χ1n) is 4.96. The molecule has 0 radical (unpaired) electrons. The smallest absolute Gasteiger partial charge is 0.115 e. The molecule has 0 atom stereocenters. The highest BCUT2D eigenvalue weighted by atomic mass is 16.3. The van der Waals surface area contributed by atoms with Gasteiger partial charge in [0.15, 0.2) is 0 Å². The van der Waals surface area contributed by atoms with Crippen LogP contribution in [0.25, 0.3) is 0 Å². The summed E-state index contributed by atoms with van der Waals surface area (Å²) in [5.41, 5.74) is 1.89. The van der Waals surface area contributed by atoms with Crippen LogP contribution in [0.1, 0.15) is 31.7 Å². The number of aromatic hydroxyl groups is 1. The van der Waals surface area contributed by atoms with Crippen LogP contribution in [-0.4, -0.2) is 5.11 Å². The van der Waals surface area contributed by atoms with E-state index in [0.29, 0.717) is 11.2 Å². The monoisotopic (exact) mass is 176 g/mol. The average Bonchev–Trinajstić information content (AvgIpc) is 2.06. The third kappa shape index (κ3) is 1.85. The van der Waals surface area contributed by atoms with Crippen molar-refractivity contribution in [1.82, 2.24) is 0 Å². The Bertz CT molecular complexity index is 282. The molecule has 0 saturated heterocycles. The molecule has 70 valence electrons. The first-order chi connectivity index (χ1) is 6.18. The zero-order valence-electron chi connectivity index (χ0n) is 8.09. The average molecular weight is 176 g/mol. The molecule has 1 fully saturated rings. The van der Waals surface area contributed by atoms with E-state index in [0.717, 1.165) is 6.42 Å². The van der Waals surface area contributed by atoms with Gasteiger partial charge in [0.05, 0.1) is 0 Å². The van der Waals surface area contributed by atoms with Crippen molar-refractivity contribution in [3.63, 3.8) is 0 Å². The Labute approximate surface area is 79.4 Å². The molecule has 0 aliphatic heterocycles. The summed E-state index contributed by atoms with van der Waals surface area (Å²) >= 11 is 0. The Balaban J connectivity index is 2.05. The van der Waals surface area contributed by atoms with Gasteiger partial charge in [0.2, 0.25) is 0 Å². The molecule has 0 spiro atoms. The Morgan fingerprint density at radius 2 is 1.85 bits per heavy atom. The SMILES string of the molecule is CC1(Cc2ccc(O)cc2)CCC1. The zero-order valence-corrected chi connectivity index (χ0v) is 8.09. The zero-order chi connectivity index (χ0) is 9.31. The third-order valence-corrected chi connectivity index (χ3v) is 3.13. The molecule has 1 saturated carbocycles. The van der Waals surface area contributed by atoms with E-state index in [2.05, 4.69) is 6.92 Å². The number of hydrogen-bond donors (Lipinski definition) is 1. The minimum atomic E-state index is 0.363. The second kappa shape index (κ2) is 3.06. The molecule has 2 rings (SSSR count). The van der Waals surface area contributed by atoms with Crippen LogP contribution < -0.4 is 0 Å². The molecule has 0 heterocycles. The molecule has 1 nitrogen and oxygen atoms in total. The number of hydrogen-bond acceptors (Lipinski definition) is 1. The van der Waals surface area contributed by atoms with Gasteiger partial charge in [0.1, 0.15) is 5.75 Å². The van der Waals surface area contributed by atoms with E-state index < -0.39 is 0 Å². The highest BCUT2D eigenvalue weighted by molar-refractivity contribution is 5.26. The van der Waals surface area contributed by atoms with Gasteiger partial charge >= 0.3 is 0 Å². The van der Waals surface area contributed by atoms with Crippen LogP contribution in [0.5, 0.6) is 5.75 Å². The standard InChI is InChI=1S/C12H16O/c1-12(7-2-8-12)9-10-3-5-11(13)6-4-10/h3-6,13H,2,7-9H2,1H3. The Morgan fingerprint density at radius 1 is 1.23 bits per heavy atom. The Kier molecular flexibility index (Phi) is 2.03. The minimum Gasteiger partial charge on any atom is -0.508 e. The normalized spacial score (nSPS) is 19.5. The summed E-state index contributed by atoms with van der Waals surface area (Å²) in [4.78, 5) is 0. The van der Waals surface area contributed by atoms with Crippen LogP contribution in [0.3, 0.4) is 0 Å². The van der Waals surface area contributed by atoms with Crippen LogP contribution >= 0.6 is 0 Å². The summed E-state index contributed by atoms with van der Waals surface area (Å²) < 4.78 is 0. The maximum absolute atomic E-state index is 9.13. The van der Waals surface area contributed by atoms with Crippen molar-refractivity contribution in [1.29, 1.82) is 0 Å². The lowest BCUT2D eigenvalue weighted by Gasteiger charge is -2.38. The van der Waals surface area contributed by atoms with Crippen molar-refractivity contribution in [3.8, 4) is 5.75 Å². The number of phenols is 1. The fourth-order valence-corrected chi connectivity index (χ4v) is 2.06. The number of rotatable bonds is 2. The molecule has 0 unspecified atom stereocenters. The van der Waals surface area contributed by atoms with E-state index in [1.807, 2.05) is 12.1 Å². The second-order valence-electron chi connectivity index (χ2n) is 4.51. The van der Waals surface area contributed by atoms with E-state index in [4.69, 9.17) is 5.11 Å². The fourth-order valence-electron chi connectivity index (χ4n) is 2.06. The van der Waals surface area contributed by atoms with Gasteiger partial charge in [-0.3, -0.25) is 0 Å². The van der Waals surface area contributed by atoms with Gasteiger partial charge in [-0.15, -0.1) is 0 Å². The molecular formula is C12H16O. The molecule has 0 bridgehead atoms. The van der Waals surface area contributed by atoms with Gasteiger partial charge in [0.25, 0.3) is 0 Å². The van der Waals surface area contributed by atoms with Crippen molar-refractivity contribution in [3.05, 3.63) is 29.8 Å². The highest BCUT2D eigenvalue weighted by Crippen LogP contribution is 2.43. The summed E-state index contributed by atoms with van der Waals surface area (Å²) in [5.74, 6) is 0.363. The molecule has 1 aliphatic rings. The largest absolute Gasteiger partial charge is 0.508 e. The number of benzene rings is 1. The lowest BCUT2D eigenvalue weighted by atomic mass is 9.67. The summed E-state index contributed by atoms with van der Waals surface area (Å²) in [6.07, 6.45) is 5.25. The van der Waals surface area contributed by atoms with Gasteiger partial charge in [0, 0.05) is 0 Å². The lowest BCUT2D eigenvalue weighted by molar-refractivity contribution is 0.161. The minimum absolute atomic E-state index is 0.363. The van der Waals surface area contributed by atoms with Gasteiger partial charge in [-0.25, -0.2) is 0 Å². The van der Waals surface area contributed by atoms with E-state index >= 15 is 0 Å². The van der Waals surface area contributed by atoms with Crippen LogP contribution in [0.4, 0.5) is 0 Å². The Hall–Kier alpha value is -0.980. The van der Waals surface area contributed by atoms with Gasteiger partial charge < -0.3 is 5.11 Å². The molecule has 13 heavy (non-hydrogen) atoms. The number of phenolic OH excluding ortho intramolecular Hbond substituents is 1. The lowest BCUT2D eigenvalue weighted by Crippen LogP contribution is -2.27. The molecule has 1 aromatic carbocycles. The van der Waals surface area contributed by atoms with E-state index in [1.165, 1.54) is 24.8 Å². The summed E-state index contributed by atoms with van der Waals surface area (Å²) in [5, 5.41) is 9.13. The predicted molar refractivity (Wildman–Crippen MR) is 53.8 cm³/mol. The molecule has 1 aromatic rings. The van der Waals surface area contributed by atoms with Crippen LogP contribution in [0.15, 0.2) is 24.3 Å². The van der Waals surface area contributed by atoms with E-state index in [9.17, 15) is 0 Å². The first kappa shape index (κ1) is 8.61. The molecule has 1 heteroatoms. The topological polar surface area (TPSA) is 20.2 Å². The second-order valence-corrected chi connectivity index (χ2v) is 4.51. The maximum Gasteiger partial charge on any atom is 0.115 e. The van der Waals surface area contributed by atoms with Crippen molar-refractivity contribution >= 4 is 0 Å². The van der Waals surface area contributed by atoms with Crippen molar-refractivity contribution in [2.45, 2.75) is 32.6 Å². The molecule has 0 amide bonds. The molecular weight excluding hydrogens is 160 g/mol. The summed E-state index contributed by atoms with van der Waals surface area (Å²) in [6.45, 7) is 2.35. The highest BCUT2D eigenvalue weighted by Gasteiger charge is 2.31. The molecule has 1 N–H and O–H groups in total. The molecule has 1 aliphatic carbocycles. The maximum atomic E-state index is 9.13. The van der Waals surface area contributed by atoms with Gasteiger partial charge in [-0.05, 0) is 42.4 Å². The molecule has 0 aromatic heterocycles. The quantitative estimate of drug-likeness (QED) is 0.734. The van der Waals surface area contributed by atoms with Crippen LogP contribution in [0, 0.1) is 5.41 Å². The third-order valence-electron chi connectivity index (χ3n) is 3.13. The van der Waals surface area contributed by atoms with Gasteiger partial charge in [-0.1, -0.05) is 25.5 Å². The summed E-state index contributed by atoms with van der Waals surface area (Å²) in [7, 11) is 0.